The molecule has 0 aliphatic carbocycles. The van der Waals surface area contributed by atoms with E-state index in [1.807, 2.05) is 0 Å². The summed E-state index contributed by atoms with van der Waals surface area (Å²) in [4.78, 5) is 11.6. The number of hydrogen-bond acceptors (Lipinski definition) is 4. The molecule has 0 bridgehead atoms. The van der Waals surface area contributed by atoms with E-state index in [1.54, 1.807) is 6.07 Å². The fraction of sp³-hybridized carbons (Fsp3) is 0.462. The molecule has 0 heterocycles. The van der Waals surface area contributed by atoms with Gasteiger partial charge in [-0.2, -0.15) is 0 Å². The maximum absolute atomic E-state index is 13.4. The van der Waals surface area contributed by atoms with Crippen LogP contribution in [0.4, 0.5) is 4.39 Å². The number of halogens is 1. The summed E-state index contributed by atoms with van der Waals surface area (Å²) in [5.41, 5.74) is 0.571. The van der Waals surface area contributed by atoms with E-state index in [0.717, 1.165) is 0 Å². The molecule has 0 saturated carbocycles. The van der Waals surface area contributed by atoms with Crippen molar-refractivity contribution in [2.45, 2.75) is 12.7 Å². The second kappa shape index (κ2) is 7.70. The zero-order chi connectivity index (χ0) is 14.3. The minimum Gasteiger partial charge on any atom is -0.494 e. The van der Waals surface area contributed by atoms with E-state index in [2.05, 4.69) is 5.32 Å². The van der Waals surface area contributed by atoms with Crippen molar-refractivity contribution in [2.75, 3.05) is 27.9 Å². The summed E-state index contributed by atoms with van der Waals surface area (Å²) < 4.78 is 28.1. The number of amides is 1. The minimum atomic E-state index is -0.489. The first-order valence-corrected chi connectivity index (χ1v) is 5.75. The highest BCUT2D eigenvalue weighted by molar-refractivity contribution is 5.78. The van der Waals surface area contributed by atoms with E-state index in [4.69, 9.17) is 14.2 Å². The van der Waals surface area contributed by atoms with Crippen molar-refractivity contribution >= 4 is 5.91 Å². The van der Waals surface area contributed by atoms with Crippen molar-refractivity contribution in [1.82, 2.24) is 5.32 Å². The van der Waals surface area contributed by atoms with Crippen LogP contribution in [0.15, 0.2) is 18.2 Å². The second-order valence-electron chi connectivity index (χ2n) is 3.85. The lowest BCUT2D eigenvalue weighted by Crippen LogP contribution is -2.35. The zero-order valence-corrected chi connectivity index (χ0v) is 11.2. The molecule has 0 aliphatic heterocycles. The maximum atomic E-state index is 13.4. The SMILES string of the molecule is COc1ccc(CC(=O)NCC(OC)OC)cc1F. The van der Waals surface area contributed by atoms with Crippen LogP contribution in [0.1, 0.15) is 5.56 Å². The largest absolute Gasteiger partial charge is 0.494 e. The van der Waals surface area contributed by atoms with Crippen LogP contribution in [0.3, 0.4) is 0 Å². The number of carbonyl (C=O) groups is 1. The predicted molar refractivity (Wildman–Crippen MR) is 67.5 cm³/mol. The van der Waals surface area contributed by atoms with Crippen molar-refractivity contribution in [2.24, 2.45) is 0 Å². The standard InChI is InChI=1S/C13H18FNO4/c1-17-11-5-4-9(6-10(11)14)7-12(16)15-8-13(18-2)19-3/h4-6,13H,7-8H2,1-3H3,(H,15,16). The van der Waals surface area contributed by atoms with Crippen LogP contribution < -0.4 is 10.1 Å². The molecule has 5 nitrogen and oxygen atoms in total. The second-order valence-corrected chi connectivity index (χ2v) is 3.85. The fourth-order valence-corrected chi connectivity index (χ4v) is 1.53. The molecule has 0 unspecified atom stereocenters. The number of hydrogen-bond donors (Lipinski definition) is 1. The van der Waals surface area contributed by atoms with Crippen molar-refractivity contribution in [3.63, 3.8) is 0 Å². The van der Waals surface area contributed by atoms with Gasteiger partial charge in [0.25, 0.3) is 0 Å². The van der Waals surface area contributed by atoms with Crippen LogP contribution in [-0.2, 0) is 20.7 Å². The summed E-state index contributed by atoms with van der Waals surface area (Å²) in [7, 11) is 4.36. The third-order valence-electron chi connectivity index (χ3n) is 2.57. The van der Waals surface area contributed by atoms with Gasteiger partial charge in [0.2, 0.25) is 5.91 Å². The molecule has 1 amide bonds. The first-order valence-electron chi connectivity index (χ1n) is 5.75. The molecule has 1 rings (SSSR count). The normalized spacial score (nSPS) is 10.6. The van der Waals surface area contributed by atoms with Gasteiger partial charge in [0, 0.05) is 14.2 Å². The number of rotatable bonds is 7. The molecule has 0 fully saturated rings. The lowest BCUT2D eigenvalue weighted by Gasteiger charge is -2.14. The van der Waals surface area contributed by atoms with Crippen LogP contribution in [-0.4, -0.2) is 40.1 Å². The van der Waals surface area contributed by atoms with E-state index >= 15 is 0 Å². The number of methoxy groups -OCH3 is 3. The Morgan fingerprint density at radius 3 is 2.53 bits per heavy atom. The Bertz CT molecular complexity index is 421. The first kappa shape index (κ1) is 15.4. The van der Waals surface area contributed by atoms with Gasteiger partial charge in [-0.15, -0.1) is 0 Å². The lowest BCUT2D eigenvalue weighted by atomic mass is 10.1. The van der Waals surface area contributed by atoms with Gasteiger partial charge in [0.15, 0.2) is 17.9 Å². The maximum Gasteiger partial charge on any atom is 0.224 e. The molecular weight excluding hydrogens is 253 g/mol. The van der Waals surface area contributed by atoms with Gasteiger partial charge in [-0.25, -0.2) is 4.39 Å². The van der Waals surface area contributed by atoms with Crippen LogP contribution >= 0.6 is 0 Å². The first-order chi connectivity index (χ1) is 9.10. The predicted octanol–water partition coefficient (Wildman–Crippen LogP) is 1.11. The van der Waals surface area contributed by atoms with Gasteiger partial charge in [-0.05, 0) is 17.7 Å². The van der Waals surface area contributed by atoms with Gasteiger partial charge in [0.05, 0.1) is 20.1 Å². The third kappa shape index (κ3) is 4.84. The van der Waals surface area contributed by atoms with Gasteiger partial charge in [-0.3, -0.25) is 4.79 Å². The third-order valence-corrected chi connectivity index (χ3v) is 2.57. The van der Waals surface area contributed by atoms with Gasteiger partial charge >= 0.3 is 0 Å². The zero-order valence-electron chi connectivity index (χ0n) is 11.2. The lowest BCUT2D eigenvalue weighted by molar-refractivity contribution is -0.126. The molecule has 0 saturated heterocycles. The minimum absolute atomic E-state index is 0.0844. The summed E-state index contributed by atoms with van der Waals surface area (Å²) in [6, 6.07) is 4.42. The molecule has 0 aromatic heterocycles. The Morgan fingerprint density at radius 1 is 1.32 bits per heavy atom. The fourth-order valence-electron chi connectivity index (χ4n) is 1.53. The molecule has 0 aliphatic rings. The Balaban J connectivity index is 2.50. The Hall–Kier alpha value is -1.66. The highest BCUT2D eigenvalue weighted by atomic mass is 19.1. The van der Waals surface area contributed by atoms with Gasteiger partial charge < -0.3 is 19.5 Å². The number of carbonyl (C=O) groups excluding carboxylic acids is 1. The Labute approximate surface area is 111 Å². The van der Waals surface area contributed by atoms with E-state index in [9.17, 15) is 9.18 Å². The molecular formula is C13H18FNO4. The molecule has 19 heavy (non-hydrogen) atoms. The van der Waals surface area contributed by atoms with Crippen molar-refractivity contribution in [3.05, 3.63) is 29.6 Å². The van der Waals surface area contributed by atoms with E-state index in [1.165, 1.54) is 33.5 Å². The van der Waals surface area contributed by atoms with Crippen LogP contribution in [0.2, 0.25) is 0 Å². The summed E-state index contributed by atoms with van der Waals surface area (Å²) in [5, 5.41) is 2.64. The molecule has 0 radical (unpaired) electrons. The average Bonchev–Trinajstić information content (AvgIpc) is 2.40. The molecule has 0 atom stereocenters. The number of ether oxygens (including phenoxy) is 3. The van der Waals surface area contributed by atoms with Gasteiger partial charge in [-0.1, -0.05) is 6.07 Å². The van der Waals surface area contributed by atoms with Crippen LogP contribution in [0.25, 0.3) is 0 Å². The van der Waals surface area contributed by atoms with E-state index in [-0.39, 0.29) is 24.6 Å². The Morgan fingerprint density at radius 2 is 2.00 bits per heavy atom. The molecule has 1 N–H and O–H groups in total. The molecule has 106 valence electrons. The van der Waals surface area contributed by atoms with Crippen LogP contribution in [0.5, 0.6) is 5.75 Å². The summed E-state index contributed by atoms with van der Waals surface area (Å²) in [6.07, 6.45) is -0.405. The monoisotopic (exact) mass is 271 g/mol. The smallest absolute Gasteiger partial charge is 0.224 e. The quantitative estimate of drug-likeness (QED) is 0.755. The average molecular weight is 271 g/mol. The van der Waals surface area contributed by atoms with Crippen molar-refractivity contribution < 1.29 is 23.4 Å². The van der Waals surface area contributed by atoms with Gasteiger partial charge in [0.1, 0.15) is 0 Å². The van der Waals surface area contributed by atoms with E-state index < -0.39 is 12.1 Å². The van der Waals surface area contributed by atoms with Crippen LogP contribution in [0, 0.1) is 5.82 Å². The summed E-state index contributed by atoms with van der Waals surface area (Å²) in [5.74, 6) is -0.564. The Kier molecular flexibility index (Phi) is 6.24. The molecule has 6 heteroatoms. The summed E-state index contributed by atoms with van der Waals surface area (Å²) >= 11 is 0. The van der Waals surface area contributed by atoms with E-state index in [0.29, 0.717) is 5.56 Å². The van der Waals surface area contributed by atoms with Crippen molar-refractivity contribution in [1.29, 1.82) is 0 Å². The molecule has 1 aromatic carbocycles. The molecule has 1 aromatic rings. The highest BCUT2D eigenvalue weighted by Gasteiger charge is 2.10. The topological polar surface area (TPSA) is 56.8 Å². The summed E-state index contributed by atoms with van der Waals surface area (Å²) in [6.45, 7) is 0.241. The number of nitrogens with one attached hydrogen (secondary N) is 1. The van der Waals surface area contributed by atoms with Crippen molar-refractivity contribution in [3.8, 4) is 5.75 Å². The molecule has 0 spiro atoms. The highest BCUT2D eigenvalue weighted by Crippen LogP contribution is 2.17. The number of benzene rings is 1.